The minimum absolute atomic E-state index is 0.00872. The monoisotopic (exact) mass is 477 g/mol. The lowest BCUT2D eigenvalue weighted by Crippen LogP contribution is -2.39. The summed E-state index contributed by atoms with van der Waals surface area (Å²) in [6, 6.07) is 12.5. The lowest BCUT2D eigenvalue weighted by Gasteiger charge is -2.20. The van der Waals surface area contributed by atoms with Gasteiger partial charge < -0.3 is 15.7 Å². The Balaban J connectivity index is 1.75. The summed E-state index contributed by atoms with van der Waals surface area (Å²) >= 11 is 0. The van der Waals surface area contributed by atoms with Crippen LogP contribution in [0.2, 0.25) is 0 Å². The third-order valence-electron chi connectivity index (χ3n) is 6.17. The number of nitrogens with two attached hydrogens (primary N) is 1. The van der Waals surface area contributed by atoms with Crippen molar-refractivity contribution in [3.8, 4) is 22.4 Å². The fourth-order valence-electron chi connectivity index (χ4n) is 4.74. The average molecular weight is 478 g/mol. The second-order valence-corrected chi connectivity index (χ2v) is 8.74. The van der Waals surface area contributed by atoms with Crippen LogP contribution in [-0.2, 0) is 6.54 Å². The second-order valence-electron chi connectivity index (χ2n) is 8.74. The maximum Gasteiger partial charge on any atom is 0.407 e. The van der Waals surface area contributed by atoms with Gasteiger partial charge in [-0.1, -0.05) is 30.3 Å². The van der Waals surface area contributed by atoms with E-state index in [9.17, 15) is 19.1 Å². The minimum Gasteiger partial charge on any atom is -0.465 e. The summed E-state index contributed by atoms with van der Waals surface area (Å²) < 4.78 is 16.4. The number of alkyl halides is 1. The number of rotatable bonds is 4. The number of hydrogen-bond acceptors (Lipinski definition) is 6. The zero-order valence-corrected chi connectivity index (χ0v) is 19.2. The van der Waals surface area contributed by atoms with E-state index in [1.807, 2.05) is 56.3 Å². The first-order valence-corrected chi connectivity index (χ1v) is 11.2. The molecule has 10 nitrogen and oxygen atoms in total. The molecule has 1 fully saturated rings. The van der Waals surface area contributed by atoms with Gasteiger partial charge in [0.2, 0.25) is 5.95 Å². The van der Waals surface area contributed by atoms with Crippen LogP contribution in [0.5, 0.6) is 0 Å². The third-order valence-corrected chi connectivity index (χ3v) is 6.17. The van der Waals surface area contributed by atoms with Gasteiger partial charge in [-0.15, -0.1) is 5.10 Å². The molecule has 1 amide bonds. The van der Waals surface area contributed by atoms with Crippen LogP contribution < -0.4 is 11.4 Å². The van der Waals surface area contributed by atoms with Gasteiger partial charge in [0, 0.05) is 23.4 Å². The first kappa shape index (κ1) is 22.5. The van der Waals surface area contributed by atoms with Crippen LogP contribution in [0.25, 0.3) is 28.0 Å². The normalized spacial score (nSPS) is 17.9. The summed E-state index contributed by atoms with van der Waals surface area (Å²) in [4.78, 5) is 34.9. The number of benzene rings is 1. The molecular weight excluding hydrogens is 453 g/mol. The molecule has 3 aromatic heterocycles. The standard InChI is InChI=1S/C24H24FN7O3/c1-13-8-16(9-14(2)27-13)19-20(15-6-4-3-5-7-15)28-22(26)32-21(19)29-31(23(32)33)12-18-10-17(25)11-30(18)24(34)35/h3-9,17-18H,10-12H2,1-2H3,(H2,26,28)(H,34,35)/t17-,18+/m0/s1. The number of nitrogens with zero attached hydrogens (tertiary/aromatic N) is 6. The van der Waals surface area contributed by atoms with Crippen LogP contribution in [0, 0.1) is 13.8 Å². The zero-order chi connectivity index (χ0) is 24.9. The van der Waals surface area contributed by atoms with Gasteiger partial charge in [-0.2, -0.15) is 0 Å². The van der Waals surface area contributed by atoms with Gasteiger partial charge in [0.25, 0.3) is 0 Å². The Kier molecular flexibility index (Phi) is 5.46. The number of anilines is 1. The molecule has 0 aliphatic carbocycles. The second kappa shape index (κ2) is 8.49. The van der Waals surface area contributed by atoms with Crippen molar-refractivity contribution < 1.29 is 14.3 Å². The fourth-order valence-corrected chi connectivity index (χ4v) is 4.74. The molecule has 1 aliphatic rings. The summed E-state index contributed by atoms with van der Waals surface area (Å²) in [6.45, 7) is 3.42. The van der Waals surface area contributed by atoms with Gasteiger partial charge in [-0.25, -0.2) is 28.0 Å². The Morgan fingerprint density at radius 2 is 1.83 bits per heavy atom. The summed E-state index contributed by atoms with van der Waals surface area (Å²) in [6.07, 6.45) is -2.54. The lowest BCUT2D eigenvalue weighted by atomic mass is 9.99. The Hall–Kier alpha value is -4.28. The Bertz CT molecular complexity index is 1480. The molecule has 1 aromatic carbocycles. The van der Waals surface area contributed by atoms with E-state index >= 15 is 0 Å². The number of aryl methyl sites for hydroxylation is 2. The fraction of sp³-hybridized carbons (Fsp3) is 0.292. The predicted octanol–water partition coefficient (Wildman–Crippen LogP) is 2.91. The van der Waals surface area contributed by atoms with Crippen molar-refractivity contribution in [3.63, 3.8) is 0 Å². The zero-order valence-electron chi connectivity index (χ0n) is 19.2. The number of amides is 1. The number of nitrogen functional groups attached to an aromatic ring is 1. The molecule has 5 rings (SSSR count). The number of carboxylic acid groups (broad SMARTS) is 1. The predicted molar refractivity (Wildman–Crippen MR) is 128 cm³/mol. The number of likely N-dealkylation sites (tertiary alicyclic amines) is 1. The van der Waals surface area contributed by atoms with E-state index in [1.165, 1.54) is 4.40 Å². The van der Waals surface area contributed by atoms with Gasteiger partial charge in [0.15, 0.2) is 5.65 Å². The van der Waals surface area contributed by atoms with E-state index in [0.717, 1.165) is 32.1 Å². The van der Waals surface area contributed by atoms with Crippen molar-refractivity contribution in [3.05, 3.63) is 64.3 Å². The molecule has 1 aliphatic heterocycles. The van der Waals surface area contributed by atoms with Crippen molar-refractivity contribution in [1.82, 2.24) is 29.0 Å². The number of hydrogen-bond donors (Lipinski definition) is 2. The van der Waals surface area contributed by atoms with E-state index in [0.29, 0.717) is 11.3 Å². The van der Waals surface area contributed by atoms with E-state index in [2.05, 4.69) is 15.1 Å². The molecule has 4 aromatic rings. The molecule has 2 atom stereocenters. The summed E-state index contributed by atoms with van der Waals surface area (Å²) in [7, 11) is 0. The van der Waals surface area contributed by atoms with Crippen molar-refractivity contribution >= 4 is 17.7 Å². The average Bonchev–Trinajstić information content (AvgIpc) is 3.33. The number of pyridine rings is 1. The Morgan fingerprint density at radius 3 is 2.49 bits per heavy atom. The van der Waals surface area contributed by atoms with Crippen LogP contribution >= 0.6 is 0 Å². The summed E-state index contributed by atoms with van der Waals surface area (Å²) in [5.74, 6) is -0.0498. The van der Waals surface area contributed by atoms with E-state index in [4.69, 9.17) is 5.73 Å². The number of aromatic nitrogens is 5. The van der Waals surface area contributed by atoms with Crippen LogP contribution in [0.4, 0.5) is 15.1 Å². The molecule has 0 radical (unpaired) electrons. The summed E-state index contributed by atoms with van der Waals surface area (Å²) in [5.41, 5.74) is 10.2. The summed E-state index contributed by atoms with van der Waals surface area (Å²) in [5, 5.41) is 14.0. The highest BCUT2D eigenvalue weighted by molar-refractivity contribution is 5.90. The van der Waals surface area contributed by atoms with Crippen molar-refractivity contribution in [2.75, 3.05) is 12.3 Å². The smallest absolute Gasteiger partial charge is 0.407 e. The van der Waals surface area contributed by atoms with Gasteiger partial charge in [-0.05, 0) is 31.5 Å². The molecule has 1 saturated heterocycles. The first-order chi connectivity index (χ1) is 16.7. The van der Waals surface area contributed by atoms with E-state index in [-0.39, 0.29) is 31.1 Å². The highest BCUT2D eigenvalue weighted by atomic mass is 19.1. The van der Waals surface area contributed by atoms with Crippen LogP contribution in [-0.4, -0.2) is 59.0 Å². The minimum atomic E-state index is -1.29. The Labute approximate surface area is 199 Å². The van der Waals surface area contributed by atoms with Crippen molar-refractivity contribution in [1.29, 1.82) is 0 Å². The molecule has 0 saturated carbocycles. The van der Waals surface area contributed by atoms with Crippen LogP contribution in [0.1, 0.15) is 17.8 Å². The largest absolute Gasteiger partial charge is 0.465 e. The van der Waals surface area contributed by atoms with Crippen molar-refractivity contribution in [2.24, 2.45) is 0 Å². The molecule has 0 bridgehead atoms. The van der Waals surface area contributed by atoms with Gasteiger partial charge in [0.1, 0.15) is 6.17 Å². The van der Waals surface area contributed by atoms with E-state index < -0.39 is 24.0 Å². The lowest BCUT2D eigenvalue weighted by molar-refractivity contribution is 0.133. The number of carbonyl (C=O) groups is 1. The first-order valence-electron chi connectivity index (χ1n) is 11.2. The highest BCUT2D eigenvalue weighted by Gasteiger charge is 2.36. The van der Waals surface area contributed by atoms with Gasteiger partial charge >= 0.3 is 11.8 Å². The quantitative estimate of drug-likeness (QED) is 0.462. The Morgan fingerprint density at radius 1 is 1.14 bits per heavy atom. The molecule has 180 valence electrons. The molecule has 0 unspecified atom stereocenters. The topological polar surface area (TPSA) is 132 Å². The van der Waals surface area contributed by atoms with Crippen LogP contribution in [0.15, 0.2) is 47.3 Å². The molecule has 3 N–H and O–H groups in total. The maximum absolute atomic E-state index is 14.0. The molecule has 4 heterocycles. The SMILES string of the molecule is Cc1cc(-c2c(-c3ccccc3)nc(N)n3c(=O)n(C[C@H]4C[C@H](F)CN4C(=O)O)nc23)cc(C)n1. The van der Waals surface area contributed by atoms with E-state index in [1.54, 1.807) is 0 Å². The van der Waals surface area contributed by atoms with Gasteiger partial charge in [-0.3, -0.25) is 4.98 Å². The van der Waals surface area contributed by atoms with Crippen LogP contribution in [0.3, 0.4) is 0 Å². The van der Waals surface area contributed by atoms with Crippen molar-refractivity contribution in [2.45, 2.75) is 39.0 Å². The highest BCUT2D eigenvalue weighted by Crippen LogP contribution is 2.35. The molecular formula is C24H24FN7O3. The number of halogens is 1. The third kappa shape index (κ3) is 3.98. The maximum atomic E-state index is 14.0. The van der Waals surface area contributed by atoms with Gasteiger partial charge in [0.05, 0.1) is 30.4 Å². The molecule has 0 spiro atoms. The molecule has 35 heavy (non-hydrogen) atoms. The number of fused-ring (bicyclic) bond motifs is 1. The molecule has 11 heteroatoms.